The highest BCUT2D eigenvalue weighted by Crippen LogP contribution is 2.32. The smallest absolute Gasteiger partial charge is 0.266 e. The fraction of sp³-hybridized carbons (Fsp3) is 0.182. The summed E-state index contributed by atoms with van der Waals surface area (Å²) < 4.78 is 7.35. The minimum absolute atomic E-state index is 0.137. The normalized spacial score (nSPS) is 15.4. The molecule has 4 rings (SSSR count). The Morgan fingerprint density at radius 2 is 1.87 bits per heavy atom. The van der Waals surface area contributed by atoms with E-state index >= 15 is 0 Å². The fourth-order valence-corrected chi connectivity index (χ4v) is 4.27. The van der Waals surface area contributed by atoms with Crippen LogP contribution >= 0.6 is 24.0 Å². The zero-order valence-electron chi connectivity index (χ0n) is 16.6. The van der Waals surface area contributed by atoms with Gasteiger partial charge in [0.25, 0.3) is 5.91 Å². The van der Waals surface area contributed by atoms with Crippen molar-refractivity contribution in [3.8, 4) is 17.1 Å². The Kier molecular flexibility index (Phi) is 6.08. The molecule has 6 nitrogen and oxygen atoms in total. The fourth-order valence-electron chi connectivity index (χ4n) is 2.99. The number of methoxy groups -OCH3 is 1. The van der Waals surface area contributed by atoms with Gasteiger partial charge in [-0.3, -0.25) is 9.69 Å². The quantitative estimate of drug-likeness (QED) is 0.428. The number of aromatic nitrogens is 3. The summed E-state index contributed by atoms with van der Waals surface area (Å²) in [5.41, 5.74) is 2.95. The molecule has 1 aliphatic rings. The molecule has 0 saturated carbocycles. The van der Waals surface area contributed by atoms with Crippen LogP contribution in [0.25, 0.3) is 23.2 Å². The molecule has 1 saturated heterocycles. The molecule has 0 atom stereocenters. The molecule has 0 unspecified atom stereocenters. The van der Waals surface area contributed by atoms with Crippen LogP contribution in [0, 0.1) is 6.92 Å². The van der Waals surface area contributed by atoms with Gasteiger partial charge in [0.05, 0.1) is 23.7 Å². The predicted molar refractivity (Wildman–Crippen MR) is 123 cm³/mol. The van der Waals surface area contributed by atoms with Crippen molar-refractivity contribution in [1.82, 2.24) is 19.7 Å². The molecule has 0 aliphatic carbocycles. The third-order valence-corrected chi connectivity index (χ3v) is 5.97. The van der Waals surface area contributed by atoms with Crippen molar-refractivity contribution in [3.05, 3.63) is 70.9 Å². The third-order valence-electron chi connectivity index (χ3n) is 4.60. The summed E-state index contributed by atoms with van der Waals surface area (Å²) in [6.07, 6.45) is 1.75. The summed E-state index contributed by atoms with van der Waals surface area (Å²) in [4.78, 5) is 19.6. The van der Waals surface area contributed by atoms with Gasteiger partial charge >= 0.3 is 0 Å². The van der Waals surface area contributed by atoms with Crippen LogP contribution in [0.2, 0.25) is 0 Å². The second kappa shape index (κ2) is 8.91. The molecule has 0 N–H and O–H groups in total. The van der Waals surface area contributed by atoms with Crippen LogP contribution in [0.1, 0.15) is 11.4 Å². The van der Waals surface area contributed by atoms with Gasteiger partial charge in [-0.1, -0.05) is 72.0 Å². The van der Waals surface area contributed by atoms with Crippen molar-refractivity contribution < 1.29 is 9.53 Å². The molecule has 1 aliphatic heterocycles. The van der Waals surface area contributed by atoms with Crippen LogP contribution in [-0.4, -0.2) is 50.2 Å². The molecule has 152 valence electrons. The van der Waals surface area contributed by atoms with Gasteiger partial charge in [0.2, 0.25) is 0 Å². The largest absolute Gasteiger partial charge is 0.383 e. The second-order valence-electron chi connectivity index (χ2n) is 6.73. The predicted octanol–water partition coefficient (Wildman–Crippen LogP) is 4.09. The highest BCUT2D eigenvalue weighted by molar-refractivity contribution is 8.26. The number of hydrogen-bond donors (Lipinski definition) is 0. The van der Waals surface area contributed by atoms with E-state index in [-0.39, 0.29) is 5.91 Å². The average Bonchev–Trinajstić information content (AvgIpc) is 3.29. The number of rotatable bonds is 6. The number of aryl methyl sites for hydroxylation is 1. The second-order valence-corrected chi connectivity index (χ2v) is 8.41. The maximum absolute atomic E-state index is 12.8. The molecular formula is C22H20N4O2S2. The molecule has 30 heavy (non-hydrogen) atoms. The Bertz CT molecular complexity index is 1110. The lowest BCUT2D eigenvalue weighted by atomic mass is 10.1. The Hall–Kier alpha value is -2.81. The molecule has 1 amide bonds. The molecule has 0 spiro atoms. The van der Waals surface area contributed by atoms with Crippen molar-refractivity contribution in [2.75, 3.05) is 20.3 Å². The first-order chi connectivity index (χ1) is 14.6. The number of thioether (sulfide) groups is 1. The van der Waals surface area contributed by atoms with E-state index in [0.29, 0.717) is 34.0 Å². The average molecular weight is 437 g/mol. The summed E-state index contributed by atoms with van der Waals surface area (Å²) in [6, 6.07) is 17.8. The number of para-hydroxylation sites is 1. The maximum atomic E-state index is 12.8. The van der Waals surface area contributed by atoms with Gasteiger partial charge in [0.1, 0.15) is 4.32 Å². The first-order valence-corrected chi connectivity index (χ1v) is 10.6. The van der Waals surface area contributed by atoms with Crippen LogP contribution in [0.15, 0.2) is 59.5 Å². The van der Waals surface area contributed by atoms with E-state index in [1.165, 1.54) is 17.3 Å². The minimum Gasteiger partial charge on any atom is -0.383 e. The van der Waals surface area contributed by atoms with E-state index in [1.807, 2.05) is 61.5 Å². The number of carbonyl (C=O) groups is 1. The highest BCUT2D eigenvalue weighted by Gasteiger charge is 2.32. The van der Waals surface area contributed by atoms with Crippen molar-refractivity contribution in [2.45, 2.75) is 6.92 Å². The maximum Gasteiger partial charge on any atom is 0.266 e. The molecule has 0 radical (unpaired) electrons. The van der Waals surface area contributed by atoms with Crippen LogP contribution < -0.4 is 0 Å². The standard InChI is InChI=1S/C22H20N4O2S2/c1-15-8-10-16(11-9-15)20-23-19(26(24-20)17-6-4-3-5-7-17)14-18-21(27)25(12-13-28-2)22(29)30-18/h3-11,14H,12-13H2,1-2H3/b18-14+. The molecule has 2 heterocycles. The number of thiocarbonyl (C=S) groups is 1. The summed E-state index contributed by atoms with van der Waals surface area (Å²) in [5, 5.41) is 4.71. The minimum atomic E-state index is -0.137. The topological polar surface area (TPSA) is 60.2 Å². The Balaban J connectivity index is 1.75. The molecule has 1 fully saturated rings. The first kappa shape index (κ1) is 20.5. The first-order valence-electron chi connectivity index (χ1n) is 9.40. The Morgan fingerprint density at radius 3 is 2.57 bits per heavy atom. The number of hydrogen-bond acceptors (Lipinski definition) is 6. The molecule has 0 bridgehead atoms. The summed E-state index contributed by atoms with van der Waals surface area (Å²) in [6.45, 7) is 2.90. The van der Waals surface area contributed by atoms with E-state index in [2.05, 4.69) is 0 Å². The molecule has 3 aromatic rings. The number of nitrogens with zero attached hydrogens (tertiary/aromatic N) is 4. The van der Waals surface area contributed by atoms with E-state index in [0.717, 1.165) is 11.3 Å². The Morgan fingerprint density at radius 1 is 1.13 bits per heavy atom. The van der Waals surface area contributed by atoms with Gasteiger partial charge in [0.15, 0.2) is 11.6 Å². The molecule has 2 aromatic carbocycles. The van der Waals surface area contributed by atoms with Gasteiger partial charge < -0.3 is 4.74 Å². The van der Waals surface area contributed by atoms with Crippen LogP contribution in [-0.2, 0) is 9.53 Å². The summed E-state index contributed by atoms with van der Waals surface area (Å²) >= 11 is 6.64. The monoisotopic (exact) mass is 436 g/mol. The summed E-state index contributed by atoms with van der Waals surface area (Å²) in [5.74, 6) is 1.03. The summed E-state index contributed by atoms with van der Waals surface area (Å²) in [7, 11) is 1.60. The van der Waals surface area contributed by atoms with Crippen LogP contribution in [0.5, 0.6) is 0 Å². The van der Waals surface area contributed by atoms with E-state index in [9.17, 15) is 4.79 Å². The van der Waals surface area contributed by atoms with Gasteiger partial charge in [-0.2, -0.15) is 0 Å². The molecule has 8 heteroatoms. The van der Waals surface area contributed by atoms with E-state index < -0.39 is 0 Å². The number of carbonyl (C=O) groups excluding carboxylic acids is 1. The van der Waals surface area contributed by atoms with Crippen molar-refractivity contribution in [2.24, 2.45) is 0 Å². The van der Waals surface area contributed by atoms with Crippen molar-refractivity contribution in [1.29, 1.82) is 0 Å². The molecule has 1 aromatic heterocycles. The van der Waals surface area contributed by atoms with Gasteiger partial charge in [-0.15, -0.1) is 5.10 Å². The zero-order valence-corrected chi connectivity index (χ0v) is 18.2. The third kappa shape index (κ3) is 4.21. The lowest BCUT2D eigenvalue weighted by molar-refractivity contribution is -0.122. The van der Waals surface area contributed by atoms with Crippen LogP contribution in [0.4, 0.5) is 0 Å². The Labute approximate surface area is 184 Å². The molecular weight excluding hydrogens is 416 g/mol. The van der Waals surface area contributed by atoms with Crippen LogP contribution in [0.3, 0.4) is 0 Å². The van der Waals surface area contributed by atoms with Crippen molar-refractivity contribution in [3.63, 3.8) is 0 Å². The van der Waals surface area contributed by atoms with E-state index in [4.69, 9.17) is 27.0 Å². The van der Waals surface area contributed by atoms with Gasteiger partial charge in [0, 0.05) is 18.7 Å². The van der Waals surface area contributed by atoms with Crippen molar-refractivity contribution >= 4 is 40.3 Å². The SMILES string of the molecule is COCCN1C(=O)/C(=C\c2nc(-c3ccc(C)cc3)nn2-c2ccccc2)SC1=S. The lowest BCUT2D eigenvalue weighted by Crippen LogP contribution is -2.31. The van der Waals surface area contributed by atoms with Gasteiger partial charge in [-0.25, -0.2) is 9.67 Å². The van der Waals surface area contributed by atoms with E-state index in [1.54, 1.807) is 22.8 Å². The lowest BCUT2D eigenvalue weighted by Gasteiger charge is -2.12. The number of ether oxygens (including phenoxy) is 1. The highest BCUT2D eigenvalue weighted by atomic mass is 32.2. The number of benzene rings is 2. The number of amides is 1. The van der Waals surface area contributed by atoms with Gasteiger partial charge in [-0.05, 0) is 19.1 Å². The zero-order chi connectivity index (χ0) is 21.1.